The molecule has 0 rings (SSSR count). The fraction of sp³-hybridized carbons (Fsp3) is 0.625. The molecular weight excluding hydrogens is 203 g/mol. The van der Waals surface area contributed by atoms with Gasteiger partial charge in [-0.05, 0) is 19.4 Å². The van der Waals surface area contributed by atoms with Crippen LogP contribution in [0.5, 0.6) is 0 Å². The standard InChI is InChI=1S/C8H17O3PSi/c1-3-8(9)10-6-5-7-13(12)11-4-2/h3,13H,1,4-7,12H2,2H3. The fourth-order valence-corrected chi connectivity index (χ4v) is 3.26. The lowest BCUT2D eigenvalue weighted by Gasteiger charge is -2.08. The summed E-state index contributed by atoms with van der Waals surface area (Å²) in [5.74, 6) is -0.349. The molecule has 0 radical (unpaired) electrons. The monoisotopic (exact) mass is 220 g/mol. The summed E-state index contributed by atoms with van der Waals surface area (Å²) >= 11 is 0. The average Bonchev–Trinajstić information content (AvgIpc) is 2.12. The maximum absolute atomic E-state index is 10.6. The molecule has 0 aliphatic rings. The lowest BCUT2D eigenvalue weighted by molar-refractivity contribution is -0.137. The van der Waals surface area contributed by atoms with Crippen LogP contribution >= 0.6 is 8.79 Å². The van der Waals surface area contributed by atoms with Crippen LogP contribution in [0.4, 0.5) is 0 Å². The molecule has 0 aromatic rings. The van der Waals surface area contributed by atoms with Crippen molar-refractivity contribution in [3.63, 3.8) is 0 Å². The van der Waals surface area contributed by atoms with Crippen LogP contribution in [0, 0.1) is 0 Å². The van der Waals surface area contributed by atoms with Crippen LogP contribution in [0.3, 0.4) is 0 Å². The minimum Gasteiger partial charge on any atom is -0.463 e. The Labute approximate surface area is 83.3 Å². The second-order valence-electron chi connectivity index (χ2n) is 2.51. The van der Waals surface area contributed by atoms with E-state index in [-0.39, 0.29) is 5.97 Å². The van der Waals surface area contributed by atoms with E-state index in [0.717, 1.165) is 19.1 Å². The molecule has 0 saturated carbocycles. The number of carbonyl (C=O) groups excluding carboxylic acids is 1. The van der Waals surface area contributed by atoms with Crippen molar-refractivity contribution in [3.8, 4) is 0 Å². The summed E-state index contributed by atoms with van der Waals surface area (Å²) in [4.78, 5) is 10.6. The van der Waals surface area contributed by atoms with E-state index in [2.05, 4.69) is 15.4 Å². The highest BCUT2D eigenvalue weighted by atomic mass is 31.3. The summed E-state index contributed by atoms with van der Waals surface area (Å²) in [6, 6.07) is 1.02. The molecule has 2 atom stereocenters. The smallest absolute Gasteiger partial charge is 0.330 e. The molecule has 0 amide bonds. The van der Waals surface area contributed by atoms with Crippen LogP contribution in [0.25, 0.3) is 0 Å². The normalized spacial score (nSPS) is 12.2. The van der Waals surface area contributed by atoms with Gasteiger partial charge in [-0.1, -0.05) is 6.58 Å². The van der Waals surface area contributed by atoms with Gasteiger partial charge in [0, 0.05) is 12.7 Å². The van der Waals surface area contributed by atoms with E-state index in [4.69, 9.17) is 9.16 Å². The van der Waals surface area contributed by atoms with E-state index in [9.17, 15) is 4.79 Å². The highest BCUT2D eigenvalue weighted by Crippen LogP contribution is 2.06. The number of esters is 1. The van der Waals surface area contributed by atoms with Crippen molar-refractivity contribution in [1.82, 2.24) is 0 Å². The van der Waals surface area contributed by atoms with Crippen LogP contribution in [-0.4, -0.2) is 27.9 Å². The first kappa shape index (κ1) is 12.8. The van der Waals surface area contributed by atoms with Crippen LogP contribution in [0.1, 0.15) is 13.3 Å². The van der Waals surface area contributed by atoms with Gasteiger partial charge in [0.1, 0.15) is 0 Å². The highest BCUT2D eigenvalue weighted by molar-refractivity contribution is 7.60. The molecule has 0 aliphatic heterocycles. The Kier molecular flexibility index (Phi) is 8.30. The molecule has 13 heavy (non-hydrogen) atoms. The van der Waals surface area contributed by atoms with Gasteiger partial charge < -0.3 is 9.16 Å². The average molecular weight is 220 g/mol. The molecule has 0 aromatic carbocycles. The molecule has 0 N–H and O–H groups in total. The van der Waals surface area contributed by atoms with Gasteiger partial charge >= 0.3 is 5.97 Å². The molecular formula is C8H17O3PSi. The molecule has 0 aliphatic carbocycles. The van der Waals surface area contributed by atoms with Gasteiger partial charge in [-0.3, -0.25) is 0 Å². The molecule has 0 saturated heterocycles. The van der Waals surface area contributed by atoms with E-state index < -0.39 is 8.71 Å². The Morgan fingerprint density at radius 3 is 2.92 bits per heavy atom. The van der Waals surface area contributed by atoms with Gasteiger partial charge in [-0.2, -0.15) is 0 Å². The second-order valence-corrected chi connectivity index (χ2v) is 6.73. The number of hydrogen-bond donors (Lipinski definition) is 0. The third kappa shape index (κ3) is 8.16. The molecule has 0 aromatic heterocycles. The van der Waals surface area contributed by atoms with Crippen molar-refractivity contribution < 1.29 is 14.0 Å². The highest BCUT2D eigenvalue weighted by Gasteiger charge is 2.03. The van der Waals surface area contributed by atoms with Gasteiger partial charge in [-0.15, -0.1) is 8.79 Å². The van der Waals surface area contributed by atoms with Crippen molar-refractivity contribution in [2.75, 3.05) is 13.2 Å². The maximum atomic E-state index is 10.6. The summed E-state index contributed by atoms with van der Waals surface area (Å²) in [5, 5.41) is 0. The van der Waals surface area contributed by atoms with E-state index in [1.807, 2.05) is 6.92 Å². The molecule has 76 valence electrons. The third-order valence-electron chi connectivity index (χ3n) is 1.42. The number of carbonyl (C=O) groups is 1. The lowest BCUT2D eigenvalue weighted by atomic mass is 10.5. The van der Waals surface area contributed by atoms with E-state index >= 15 is 0 Å². The predicted molar refractivity (Wildman–Crippen MR) is 59.1 cm³/mol. The molecule has 2 unspecified atom stereocenters. The van der Waals surface area contributed by atoms with Crippen molar-refractivity contribution in [1.29, 1.82) is 0 Å². The Morgan fingerprint density at radius 2 is 2.38 bits per heavy atom. The Hall–Kier alpha value is -0.183. The van der Waals surface area contributed by atoms with Gasteiger partial charge in [-0.25, -0.2) is 4.79 Å². The SMILES string of the molecule is C=CC(=O)OCCC[SiH](P)OCC. The van der Waals surface area contributed by atoms with Crippen LogP contribution in [-0.2, 0) is 14.0 Å². The molecule has 0 bridgehead atoms. The molecule has 0 heterocycles. The van der Waals surface area contributed by atoms with Gasteiger partial charge in [0.05, 0.1) is 6.61 Å². The van der Waals surface area contributed by atoms with E-state index in [0.29, 0.717) is 6.61 Å². The van der Waals surface area contributed by atoms with Crippen molar-refractivity contribution in [3.05, 3.63) is 12.7 Å². The summed E-state index contributed by atoms with van der Waals surface area (Å²) in [5.41, 5.74) is 0. The van der Waals surface area contributed by atoms with Gasteiger partial charge in [0.25, 0.3) is 0 Å². The first-order chi connectivity index (χ1) is 6.20. The Bertz CT molecular complexity index is 163. The number of rotatable bonds is 7. The van der Waals surface area contributed by atoms with E-state index in [1.54, 1.807) is 0 Å². The number of hydrogen-bond acceptors (Lipinski definition) is 3. The first-order valence-electron chi connectivity index (χ1n) is 4.37. The summed E-state index contributed by atoms with van der Waals surface area (Å²) < 4.78 is 10.2. The first-order valence-corrected chi connectivity index (χ1v) is 8.32. The summed E-state index contributed by atoms with van der Waals surface area (Å²) in [6.07, 6.45) is 2.05. The largest absolute Gasteiger partial charge is 0.463 e. The maximum Gasteiger partial charge on any atom is 0.330 e. The number of ether oxygens (including phenoxy) is 1. The Morgan fingerprint density at radius 1 is 1.69 bits per heavy atom. The van der Waals surface area contributed by atoms with Crippen LogP contribution < -0.4 is 0 Å². The summed E-state index contributed by atoms with van der Waals surface area (Å²) in [7, 11) is 1.67. The van der Waals surface area contributed by atoms with Crippen molar-refractivity contribution >= 4 is 23.5 Å². The molecule has 0 spiro atoms. The molecule has 0 fully saturated rings. The zero-order chi connectivity index (χ0) is 10.1. The lowest BCUT2D eigenvalue weighted by Crippen LogP contribution is -2.11. The zero-order valence-electron chi connectivity index (χ0n) is 7.99. The van der Waals surface area contributed by atoms with Gasteiger partial charge in [0.2, 0.25) is 0 Å². The van der Waals surface area contributed by atoms with Crippen LogP contribution in [0.15, 0.2) is 12.7 Å². The second kappa shape index (κ2) is 8.42. The summed E-state index contributed by atoms with van der Waals surface area (Å²) in [6.45, 7) is 6.54. The minimum absolute atomic E-state index is 0.349. The van der Waals surface area contributed by atoms with E-state index in [1.165, 1.54) is 6.08 Å². The van der Waals surface area contributed by atoms with Gasteiger partial charge in [0.15, 0.2) is 8.71 Å². The van der Waals surface area contributed by atoms with Crippen LogP contribution in [0.2, 0.25) is 6.04 Å². The fourth-order valence-electron chi connectivity index (χ4n) is 0.814. The Balaban J connectivity index is 3.24. The topological polar surface area (TPSA) is 35.5 Å². The molecule has 5 heteroatoms. The third-order valence-corrected chi connectivity index (χ3v) is 4.74. The van der Waals surface area contributed by atoms with Crippen molar-refractivity contribution in [2.24, 2.45) is 0 Å². The minimum atomic E-state index is -1.07. The molecule has 3 nitrogen and oxygen atoms in total. The quantitative estimate of drug-likeness (QED) is 0.213. The predicted octanol–water partition coefficient (Wildman–Crippen LogP) is 1.24. The zero-order valence-corrected chi connectivity index (χ0v) is 10.3. The van der Waals surface area contributed by atoms with Crippen molar-refractivity contribution in [2.45, 2.75) is 19.4 Å².